The Morgan fingerprint density at radius 3 is 2.24 bits per heavy atom. The SMILES string of the molecule is O=C(O)CN1C(=O)/C(=C\c2ccc(-c3ccc4ccc5cccc6ccc3c4c56)cc2)SC1=S. The number of carboxylic acids is 1. The average molecular weight is 480 g/mol. The summed E-state index contributed by atoms with van der Waals surface area (Å²) in [5.74, 6) is -1.46. The van der Waals surface area contributed by atoms with Crippen LogP contribution in [0.5, 0.6) is 0 Å². The van der Waals surface area contributed by atoms with Crippen molar-refractivity contribution in [1.29, 1.82) is 0 Å². The van der Waals surface area contributed by atoms with Crippen LogP contribution in [0.1, 0.15) is 5.56 Å². The predicted molar refractivity (Wildman–Crippen MR) is 143 cm³/mol. The first-order valence-electron chi connectivity index (χ1n) is 10.7. The van der Waals surface area contributed by atoms with Gasteiger partial charge in [0.1, 0.15) is 10.9 Å². The van der Waals surface area contributed by atoms with Crippen LogP contribution in [-0.2, 0) is 9.59 Å². The molecule has 6 heteroatoms. The Morgan fingerprint density at radius 2 is 1.53 bits per heavy atom. The zero-order chi connectivity index (χ0) is 23.4. The van der Waals surface area contributed by atoms with Crippen LogP contribution in [0.25, 0.3) is 49.5 Å². The van der Waals surface area contributed by atoms with Crippen molar-refractivity contribution in [3.05, 3.63) is 89.3 Å². The van der Waals surface area contributed by atoms with Gasteiger partial charge in [-0.25, -0.2) is 0 Å². The molecule has 6 rings (SSSR count). The molecule has 164 valence electrons. The second-order valence-corrected chi connectivity index (χ2v) is 9.93. The third-order valence-corrected chi connectivity index (χ3v) is 7.59. The van der Waals surface area contributed by atoms with Gasteiger partial charge in [0.15, 0.2) is 0 Å². The molecule has 0 saturated carbocycles. The molecule has 1 N–H and O–H groups in total. The maximum absolute atomic E-state index is 12.5. The van der Waals surface area contributed by atoms with Gasteiger partial charge in [-0.1, -0.05) is 103 Å². The molecule has 5 aromatic carbocycles. The zero-order valence-corrected chi connectivity index (χ0v) is 19.5. The highest BCUT2D eigenvalue weighted by Crippen LogP contribution is 2.39. The van der Waals surface area contributed by atoms with Crippen molar-refractivity contribution in [3.8, 4) is 11.1 Å². The topological polar surface area (TPSA) is 57.6 Å². The van der Waals surface area contributed by atoms with E-state index >= 15 is 0 Å². The van der Waals surface area contributed by atoms with Gasteiger partial charge in [0, 0.05) is 0 Å². The van der Waals surface area contributed by atoms with Crippen LogP contribution >= 0.6 is 24.0 Å². The van der Waals surface area contributed by atoms with Crippen LogP contribution in [0.2, 0.25) is 0 Å². The number of thioether (sulfide) groups is 1. The maximum Gasteiger partial charge on any atom is 0.323 e. The molecule has 5 aromatic rings. The third kappa shape index (κ3) is 3.34. The van der Waals surface area contributed by atoms with Crippen molar-refractivity contribution < 1.29 is 14.7 Å². The van der Waals surface area contributed by atoms with Crippen LogP contribution in [-0.4, -0.2) is 32.7 Å². The molecule has 0 aromatic heterocycles. The van der Waals surface area contributed by atoms with Gasteiger partial charge in [0.2, 0.25) is 0 Å². The zero-order valence-electron chi connectivity index (χ0n) is 17.8. The first kappa shape index (κ1) is 20.8. The van der Waals surface area contributed by atoms with Crippen LogP contribution in [0.3, 0.4) is 0 Å². The molecule has 1 aliphatic heterocycles. The van der Waals surface area contributed by atoms with Crippen LogP contribution < -0.4 is 0 Å². The molecular weight excluding hydrogens is 462 g/mol. The lowest BCUT2D eigenvalue weighted by Gasteiger charge is -2.14. The molecule has 1 fully saturated rings. The van der Waals surface area contributed by atoms with Crippen molar-refractivity contribution in [3.63, 3.8) is 0 Å². The van der Waals surface area contributed by atoms with Crippen molar-refractivity contribution in [1.82, 2.24) is 4.90 Å². The van der Waals surface area contributed by atoms with E-state index in [0.29, 0.717) is 4.91 Å². The molecule has 1 heterocycles. The largest absolute Gasteiger partial charge is 0.480 e. The summed E-state index contributed by atoms with van der Waals surface area (Å²) < 4.78 is 0.268. The summed E-state index contributed by atoms with van der Waals surface area (Å²) in [6, 6.07) is 27.5. The minimum absolute atomic E-state index is 0.268. The number of aliphatic carboxylic acids is 1. The normalized spacial score (nSPS) is 15.4. The number of carbonyl (C=O) groups is 2. The fraction of sp³-hybridized carbons (Fsp3) is 0.0357. The molecule has 0 radical (unpaired) electrons. The first-order valence-corrected chi connectivity index (χ1v) is 12.0. The third-order valence-electron chi connectivity index (χ3n) is 6.22. The number of nitrogens with zero attached hydrogens (tertiary/aromatic N) is 1. The second kappa shape index (κ2) is 7.94. The lowest BCUT2D eigenvalue weighted by atomic mass is 9.90. The van der Waals surface area contributed by atoms with Crippen molar-refractivity contribution in [2.45, 2.75) is 0 Å². The quantitative estimate of drug-likeness (QED) is 0.180. The van der Waals surface area contributed by atoms with Gasteiger partial charge in [-0.15, -0.1) is 0 Å². The van der Waals surface area contributed by atoms with E-state index in [9.17, 15) is 9.59 Å². The number of carbonyl (C=O) groups excluding carboxylic acids is 1. The number of carboxylic acid groups (broad SMARTS) is 1. The van der Waals surface area contributed by atoms with Crippen molar-refractivity contribution in [2.24, 2.45) is 0 Å². The molecule has 0 unspecified atom stereocenters. The van der Waals surface area contributed by atoms with E-state index in [2.05, 4.69) is 66.7 Å². The second-order valence-electron chi connectivity index (χ2n) is 8.25. The van der Waals surface area contributed by atoms with E-state index in [1.807, 2.05) is 12.1 Å². The molecule has 0 aliphatic carbocycles. The average Bonchev–Trinajstić information content (AvgIpc) is 3.10. The fourth-order valence-electron chi connectivity index (χ4n) is 4.67. The predicted octanol–water partition coefficient (Wildman–Crippen LogP) is 6.54. The summed E-state index contributed by atoms with van der Waals surface area (Å²) >= 11 is 6.31. The molecule has 1 saturated heterocycles. The number of benzene rings is 5. The Morgan fingerprint density at radius 1 is 0.882 bits per heavy atom. The van der Waals surface area contributed by atoms with Gasteiger partial charge in [-0.3, -0.25) is 14.5 Å². The molecule has 0 bridgehead atoms. The number of hydrogen-bond acceptors (Lipinski definition) is 4. The van der Waals surface area contributed by atoms with Gasteiger partial charge in [0.25, 0.3) is 5.91 Å². The van der Waals surface area contributed by atoms with E-state index in [-0.39, 0.29) is 10.2 Å². The molecule has 0 atom stereocenters. The van der Waals surface area contributed by atoms with E-state index in [1.165, 1.54) is 32.3 Å². The van der Waals surface area contributed by atoms with E-state index < -0.39 is 12.5 Å². The highest BCUT2D eigenvalue weighted by atomic mass is 32.2. The molecule has 0 spiro atoms. The van der Waals surface area contributed by atoms with Gasteiger partial charge >= 0.3 is 5.97 Å². The summed E-state index contributed by atoms with van der Waals surface area (Å²) in [6.07, 6.45) is 1.76. The summed E-state index contributed by atoms with van der Waals surface area (Å²) in [7, 11) is 0. The Kier molecular flexibility index (Phi) is 4.86. The summed E-state index contributed by atoms with van der Waals surface area (Å²) in [4.78, 5) is 25.1. The Balaban J connectivity index is 1.39. The monoisotopic (exact) mass is 479 g/mol. The van der Waals surface area contributed by atoms with Gasteiger partial charge in [-0.2, -0.15) is 0 Å². The van der Waals surface area contributed by atoms with Gasteiger partial charge < -0.3 is 5.11 Å². The van der Waals surface area contributed by atoms with Crippen LogP contribution in [0.4, 0.5) is 0 Å². The summed E-state index contributed by atoms with van der Waals surface area (Å²) in [5.41, 5.74) is 3.11. The number of hydrogen-bond donors (Lipinski definition) is 1. The van der Waals surface area contributed by atoms with E-state index in [4.69, 9.17) is 17.3 Å². The highest BCUT2D eigenvalue weighted by molar-refractivity contribution is 8.26. The lowest BCUT2D eigenvalue weighted by Crippen LogP contribution is -2.33. The van der Waals surface area contributed by atoms with Gasteiger partial charge in [0.05, 0.1) is 4.91 Å². The molecule has 1 amide bonds. The molecule has 34 heavy (non-hydrogen) atoms. The van der Waals surface area contributed by atoms with Gasteiger partial charge in [-0.05, 0) is 55.1 Å². The Bertz CT molecular complexity index is 1660. The maximum atomic E-state index is 12.5. The lowest BCUT2D eigenvalue weighted by molar-refractivity contribution is -0.140. The summed E-state index contributed by atoms with van der Waals surface area (Å²) in [6.45, 7) is -0.421. The Labute approximate surface area is 204 Å². The van der Waals surface area contributed by atoms with E-state index in [0.717, 1.165) is 33.4 Å². The first-order chi connectivity index (χ1) is 16.5. The van der Waals surface area contributed by atoms with Crippen molar-refractivity contribution in [2.75, 3.05) is 6.54 Å². The number of rotatable bonds is 4. The minimum Gasteiger partial charge on any atom is -0.480 e. The number of amides is 1. The van der Waals surface area contributed by atoms with Crippen LogP contribution in [0, 0.1) is 0 Å². The Hall–Kier alpha value is -3.74. The molecule has 1 aliphatic rings. The number of thiocarbonyl (C=S) groups is 1. The van der Waals surface area contributed by atoms with Crippen molar-refractivity contribution >= 4 is 78.6 Å². The highest BCUT2D eigenvalue weighted by Gasteiger charge is 2.33. The van der Waals surface area contributed by atoms with E-state index in [1.54, 1.807) is 6.08 Å². The fourth-order valence-corrected chi connectivity index (χ4v) is 5.92. The molecular formula is C28H17NO3S2. The summed E-state index contributed by atoms with van der Waals surface area (Å²) in [5, 5.41) is 16.5. The molecule has 4 nitrogen and oxygen atoms in total. The standard InChI is InChI=1S/C28H17NO3S2/c30-24(31)15-29-27(32)23(34-28(29)33)14-16-4-6-17(7-5-16)21-12-10-20-9-8-18-2-1-3-19-11-13-22(21)26(20)25(18)19/h1-14H,15H2,(H,30,31)/b23-14+. The minimum atomic E-state index is -1.09. The smallest absolute Gasteiger partial charge is 0.323 e. The van der Waals surface area contributed by atoms with Crippen LogP contribution in [0.15, 0.2) is 83.8 Å².